The van der Waals surface area contributed by atoms with Gasteiger partial charge in [0.2, 0.25) is 0 Å². The average molecular weight is 393 g/mol. The van der Waals surface area contributed by atoms with Crippen molar-refractivity contribution in [2.45, 2.75) is 25.0 Å². The van der Waals surface area contributed by atoms with Gasteiger partial charge in [-0.3, -0.25) is 9.48 Å². The Bertz CT molecular complexity index is 864. The zero-order valence-corrected chi connectivity index (χ0v) is 16.0. The summed E-state index contributed by atoms with van der Waals surface area (Å²) in [4.78, 5) is 21.6. The van der Waals surface area contributed by atoms with E-state index in [1.807, 2.05) is 0 Å². The number of fused-ring (bicyclic) bond motifs is 1. The molecule has 11 heteroatoms. The Morgan fingerprint density at radius 1 is 1.54 bits per heavy atom. The van der Waals surface area contributed by atoms with Gasteiger partial charge in [-0.15, -0.1) is 16.4 Å². The maximum atomic E-state index is 12.3. The number of aryl methyl sites for hydroxylation is 1. The summed E-state index contributed by atoms with van der Waals surface area (Å²) in [5.74, 6) is 1.32. The SMILES string of the molecule is C[C@H]1C[C@H]2CSC(N)=NC2(c2nc(NC(=O)c3cn(C)nn3)cs2)CO1. The second kappa shape index (κ2) is 6.63. The van der Waals surface area contributed by atoms with Gasteiger partial charge in [-0.05, 0) is 13.3 Å². The Hall–Kier alpha value is -1.98. The van der Waals surface area contributed by atoms with Crippen molar-refractivity contribution in [2.75, 3.05) is 17.7 Å². The largest absolute Gasteiger partial charge is 0.379 e. The second-order valence-corrected chi connectivity index (χ2v) is 8.41. The number of thioether (sulfide) groups is 1. The fraction of sp³-hybridized carbons (Fsp3) is 0.533. The molecule has 9 nitrogen and oxygen atoms in total. The van der Waals surface area contributed by atoms with Crippen molar-refractivity contribution in [3.05, 3.63) is 22.3 Å². The summed E-state index contributed by atoms with van der Waals surface area (Å²) in [6.45, 7) is 2.52. The third-order valence-corrected chi connectivity index (χ3v) is 6.54. The molecular weight excluding hydrogens is 374 g/mol. The molecule has 0 bridgehead atoms. The Kier molecular flexibility index (Phi) is 4.45. The number of rotatable bonds is 3. The molecule has 2 aliphatic heterocycles. The van der Waals surface area contributed by atoms with Crippen LogP contribution in [0.5, 0.6) is 0 Å². The molecule has 3 N–H and O–H groups in total. The molecule has 0 radical (unpaired) electrons. The van der Waals surface area contributed by atoms with E-state index in [1.165, 1.54) is 16.0 Å². The number of carbonyl (C=O) groups is 1. The molecule has 2 aromatic heterocycles. The molecule has 1 amide bonds. The lowest BCUT2D eigenvalue weighted by Crippen LogP contribution is -2.49. The zero-order valence-electron chi connectivity index (χ0n) is 14.4. The quantitative estimate of drug-likeness (QED) is 0.804. The lowest BCUT2D eigenvalue weighted by molar-refractivity contribution is -0.0466. The number of thiazole rings is 1. The lowest BCUT2D eigenvalue weighted by Gasteiger charge is -2.44. The molecule has 0 aromatic carbocycles. The van der Waals surface area contributed by atoms with Gasteiger partial charge >= 0.3 is 0 Å². The number of nitrogens with zero attached hydrogens (tertiary/aromatic N) is 5. The van der Waals surface area contributed by atoms with Crippen molar-refractivity contribution in [3.63, 3.8) is 0 Å². The van der Waals surface area contributed by atoms with Crippen LogP contribution in [0.3, 0.4) is 0 Å². The van der Waals surface area contributed by atoms with Crippen LogP contribution in [-0.4, -0.2) is 49.5 Å². The standard InChI is InChI=1S/C15H19N7O2S2/c1-8-3-9-5-26-14(16)19-15(9,7-24-8)13-18-11(6-25-13)17-12(23)10-4-22(2)21-20-10/h4,6,8-9H,3,5,7H2,1-2H3,(H2,16,19)(H,17,23)/t8-,9-,15?/m0/s1. The summed E-state index contributed by atoms with van der Waals surface area (Å²) in [7, 11) is 1.71. The van der Waals surface area contributed by atoms with E-state index in [1.54, 1.807) is 30.4 Å². The predicted octanol–water partition coefficient (Wildman–Crippen LogP) is 1.21. The van der Waals surface area contributed by atoms with Gasteiger partial charge in [-0.1, -0.05) is 17.0 Å². The van der Waals surface area contributed by atoms with Gasteiger partial charge in [0.05, 0.1) is 18.9 Å². The molecule has 1 fully saturated rings. The summed E-state index contributed by atoms with van der Waals surface area (Å²) in [6.07, 6.45) is 2.65. The number of anilines is 1. The van der Waals surface area contributed by atoms with Gasteiger partial charge < -0.3 is 15.8 Å². The first-order valence-corrected chi connectivity index (χ1v) is 10.1. The van der Waals surface area contributed by atoms with E-state index in [-0.39, 0.29) is 17.7 Å². The molecule has 1 unspecified atom stereocenters. The number of amides is 1. The number of hydrogen-bond donors (Lipinski definition) is 2. The first-order valence-electron chi connectivity index (χ1n) is 8.19. The summed E-state index contributed by atoms with van der Waals surface area (Å²) in [5.41, 5.74) is 5.68. The highest BCUT2D eigenvalue weighted by atomic mass is 32.2. The minimum absolute atomic E-state index is 0.194. The molecule has 0 aliphatic carbocycles. The fourth-order valence-corrected chi connectivity index (χ4v) is 5.21. The van der Waals surface area contributed by atoms with Crippen LogP contribution < -0.4 is 11.1 Å². The van der Waals surface area contributed by atoms with E-state index < -0.39 is 5.54 Å². The van der Waals surface area contributed by atoms with Crippen molar-refractivity contribution >= 4 is 40.0 Å². The van der Waals surface area contributed by atoms with E-state index in [0.29, 0.717) is 23.5 Å². The van der Waals surface area contributed by atoms with Crippen LogP contribution in [-0.2, 0) is 17.3 Å². The van der Waals surface area contributed by atoms with Gasteiger partial charge in [-0.25, -0.2) is 9.98 Å². The number of ether oxygens (including phenoxy) is 1. The lowest BCUT2D eigenvalue weighted by atomic mass is 9.80. The summed E-state index contributed by atoms with van der Waals surface area (Å²) >= 11 is 3.04. The number of amidine groups is 1. The van der Waals surface area contributed by atoms with Crippen LogP contribution in [0.1, 0.15) is 28.8 Å². The molecule has 2 aliphatic rings. The van der Waals surface area contributed by atoms with Gasteiger partial charge in [0, 0.05) is 24.1 Å². The highest BCUT2D eigenvalue weighted by Gasteiger charge is 2.49. The Labute approximate surface area is 158 Å². The Morgan fingerprint density at radius 2 is 2.38 bits per heavy atom. The monoisotopic (exact) mass is 393 g/mol. The van der Waals surface area contributed by atoms with Gasteiger partial charge in [0.25, 0.3) is 5.91 Å². The van der Waals surface area contributed by atoms with E-state index >= 15 is 0 Å². The number of hydrogen-bond acceptors (Lipinski definition) is 9. The summed E-state index contributed by atoms with van der Waals surface area (Å²) in [6, 6.07) is 0. The average Bonchev–Trinajstić information content (AvgIpc) is 3.24. The fourth-order valence-electron chi connectivity index (χ4n) is 3.24. The van der Waals surface area contributed by atoms with Crippen LogP contribution >= 0.6 is 23.1 Å². The van der Waals surface area contributed by atoms with Crippen LogP contribution in [0.15, 0.2) is 16.6 Å². The minimum Gasteiger partial charge on any atom is -0.379 e. The summed E-state index contributed by atoms with van der Waals surface area (Å²) in [5, 5.41) is 13.5. The van der Waals surface area contributed by atoms with E-state index in [4.69, 9.17) is 15.5 Å². The normalized spacial score (nSPS) is 28.3. The zero-order chi connectivity index (χ0) is 18.3. The van der Waals surface area contributed by atoms with Crippen molar-refractivity contribution in [1.82, 2.24) is 20.0 Å². The first-order chi connectivity index (χ1) is 12.5. The van der Waals surface area contributed by atoms with Crippen molar-refractivity contribution in [3.8, 4) is 0 Å². The van der Waals surface area contributed by atoms with E-state index in [9.17, 15) is 4.79 Å². The molecule has 138 valence electrons. The third kappa shape index (κ3) is 3.10. The van der Waals surface area contributed by atoms with Gasteiger partial charge in [0.1, 0.15) is 16.4 Å². The molecule has 4 heterocycles. The van der Waals surface area contributed by atoms with Gasteiger partial charge in [0.15, 0.2) is 10.9 Å². The van der Waals surface area contributed by atoms with Gasteiger partial charge in [-0.2, -0.15) is 0 Å². The second-order valence-electron chi connectivity index (χ2n) is 6.51. The number of nitrogens with two attached hydrogens (primary N) is 1. The third-order valence-electron chi connectivity index (χ3n) is 4.57. The first kappa shape index (κ1) is 17.4. The maximum absolute atomic E-state index is 12.3. The Morgan fingerprint density at radius 3 is 3.15 bits per heavy atom. The summed E-state index contributed by atoms with van der Waals surface area (Å²) < 4.78 is 7.38. The van der Waals surface area contributed by atoms with E-state index in [0.717, 1.165) is 17.2 Å². The number of nitrogens with one attached hydrogen (secondary N) is 1. The van der Waals surface area contributed by atoms with Crippen LogP contribution in [0.25, 0.3) is 0 Å². The predicted molar refractivity (Wildman–Crippen MR) is 100 cm³/mol. The number of aromatic nitrogens is 4. The van der Waals surface area contributed by atoms with Crippen LogP contribution in [0, 0.1) is 5.92 Å². The smallest absolute Gasteiger partial charge is 0.279 e. The highest BCUT2D eigenvalue weighted by Crippen LogP contribution is 2.46. The van der Waals surface area contributed by atoms with Crippen molar-refractivity contribution in [2.24, 2.45) is 23.7 Å². The molecular formula is C15H19N7O2S2. The molecule has 2 aromatic rings. The van der Waals surface area contributed by atoms with Crippen molar-refractivity contribution in [1.29, 1.82) is 0 Å². The van der Waals surface area contributed by atoms with Crippen molar-refractivity contribution < 1.29 is 9.53 Å². The maximum Gasteiger partial charge on any atom is 0.279 e. The number of carbonyl (C=O) groups excluding carboxylic acids is 1. The molecule has 0 saturated carbocycles. The topological polar surface area (TPSA) is 120 Å². The molecule has 4 rings (SSSR count). The van der Waals surface area contributed by atoms with Crippen LogP contribution in [0.4, 0.5) is 5.82 Å². The molecule has 26 heavy (non-hydrogen) atoms. The molecule has 3 atom stereocenters. The number of aliphatic imine (C=N–C) groups is 1. The molecule has 0 spiro atoms. The van der Waals surface area contributed by atoms with E-state index in [2.05, 4.69) is 27.5 Å². The van der Waals surface area contributed by atoms with Crippen LogP contribution in [0.2, 0.25) is 0 Å². The minimum atomic E-state index is -0.567. The highest BCUT2D eigenvalue weighted by molar-refractivity contribution is 8.13. The Balaban J connectivity index is 1.59. The molecule has 1 saturated heterocycles.